The molecule has 0 aliphatic rings. The zero-order valence-corrected chi connectivity index (χ0v) is 10.4. The molecule has 0 aliphatic carbocycles. The lowest BCUT2D eigenvalue weighted by molar-refractivity contribution is -0.134. The van der Waals surface area contributed by atoms with Crippen molar-refractivity contribution in [2.45, 2.75) is 26.8 Å². The molecule has 0 fully saturated rings. The highest BCUT2D eigenvalue weighted by Gasteiger charge is 2.21. The first kappa shape index (κ1) is 13.2. The molecule has 1 amide bonds. The van der Waals surface area contributed by atoms with Crippen LogP contribution in [0.25, 0.3) is 0 Å². The molecule has 90 valence electrons. The first-order valence-electron chi connectivity index (χ1n) is 5.95. The lowest BCUT2D eigenvalue weighted by Crippen LogP contribution is -2.34. The summed E-state index contributed by atoms with van der Waals surface area (Å²) in [4.78, 5) is 13.8. The maximum atomic E-state index is 12.0. The minimum absolute atomic E-state index is 0.0682. The maximum Gasteiger partial charge on any atom is 0.240 e. The molecule has 3 nitrogen and oxygen atoms in total. The molecular weight excluding hydrogens is 212 g/mol. The van der Waals surface area contributed by atoms with Gasteiger partial charge in [0.05, 0.1) is 6.07 Å². The number of nitrogens with zero attached hydrogens (tertiary/aromatic N) is 2. The standard InChI is InChI=1S/C14H18N2O/c1-3-13(10-15)14(17)16(4-2)11-12-8-6-5-7-9-12/h5-9,13H,3-4,11H2,1-2H3. The van der Waals surface area contributed by atoms with E-state index in [0.29, 0.717) is 19.5 Å². The van der Waals surface area contributed by atoms with Crippen molar-refractivity contribution in [2.75, 3.05) is 6.54 Å². The maximum absolute atomic E-state index is 12.0. The number of hydrogen-bond acceptors (Lipinski definition) is 2. The van der Waals surface area contributed by atoms with Crippen molar-refractivity contribution in [1.29, 1.82) is 5.26 Å². The van der Waals surface area contributed by atoms with Crippen molar-refractivity contribution < 1.29 is 4.79 Å². The largest absolute Gasteiger partial charge is 0.338 e. The van der Waals surface area contributed by atoms with Gasteiger partial charge in [0.15, 0.2) is 0 Å². The fraction of sp³-hybridized carbons (Fsp3) is 0.429. The zero-order valence-electron chi connectivity index (χ0n) is 10.4. The summed E-state index contributed by atoms with van der Waals surface area (Å²) in [6, 6.07) is 11.9. The molecule has 1 aromatic carbocycles. The van der Waals surface area contributed by atoms with Crippen LogP contribution in [-0.2, 0) is 11.3 Å². The number of carbonyl (C=O) groups is 1. The molecule has 0 heterocycles. The molecule has 1 atom stereocenters. The van der Waals surface area contributed by atoms with Crippen LogP contribution in [0.3, 0.4) is 0 Å². The van der Waals surface area contributed by atoms with E-state index in [4.69, 9.17) is 5.26 Å². The quantitative estimate of drug-likeness (QED) is 0.780. The van der Waals surface area contributed by atoms with Crippen LogP contribution >= 0.6 is 0 Å². The van der Waals surface area contributed by atoms with E-state index in [-0.39, 0.29) is 5.91 Å². The van der Waals surface area contributed by atoms with Gasteiger partial charge in [0.25, 0.3) is 0 Å². The van der Waals surface area contributed by atoms with E-state index < -0.39 is 5.92 Å². The van der Waals surface area contributed by atoms with Crippen LogP contribution in [0.2, 0.25) is 0 Å². The Kier molecular flexibility index (Phi) is 5.22. The average Bonchev–Trinajstić information content (AvgIpc) is 2.38. The van der Waals surface area contributed by atoms with Gasteiger partial charge in [0.1, 0.15) is 5.92 Å². The fourth-order valence-electron chi connectivity index (χ4n) is 1.69. The van der Waals surface area contributed by atoms with E-state index in [1.165, 1.54) is 0 Å². The van der Waals surface area contributed by atoms with Crippen LogP contribution in [0, 0.1) is 17.2 Å². The van der Waals surface area contributed by atoms with Crippen molar-refractivity contribution in [3.63, 3.8) is 0 Å². The number of amides is 1. The van der Waals surface area contributed by atoms with Gasteiger partial charge in [-0.1, -0.05) is 37.3 Å². The predicted octanol–water partition coefficient (Wildman–Crippen LogP) is 2.58. The van der Waals surface area contributed by atoms with Crippen molar-refractivity contribution in [2.24, 2.45) is 5.92 Å². The van der Waals surface area contributed by atoms with Crippen LogP contribution in [0.5, 0.6) is 0 Å². The summed E-state index contributed by atoms with van der Waals surface area (Å²) in [6.45, 7) is 5.01. The summed E-state index contributed by atoms with van der Waals surface area (Å²) in [7, 11) is 0. The van der Waals surface area contributed by atoms with Gasteiger partial charge >= 0.3 is 0 Å². The van der Waals surface area contributed by atoms with Gasteiger partial charge in [-0.25, -0.2) is 0 Å². The average molecular weight is 230 g/mol. The Hall–Kier alpha value is -1.82. The number of carbonyl (C=O) groups excluding carboxylic acids is 1. The molecule has 0 spiro atoms. The normalized spacial score (nSPS) is 11.6. The molecule has 0 N–H and O–H groups in total. The first-order valence-corrected chi connectivity index (χ1v) is 5.95. The summed E-state index contributed by atoms with van der Waals surface area (Å²) < 4.78 is 0. The van der Waals surface area contributed by atoms with Gasteiger partial charge in [-0.05, 0) is 18.9 Å². The highest BCUT2D eigenvalue weighted by molar-refractivity contribution is 5.81. The minimum atomic E-state index is -0.515. The summed E-state index contributed by atoms with van der Waals surface area (Å²) in [6.07, 6.45) is 0.570. The second-order valence-corrected chi connectivity index (χ2v) is 3.93. The number of rotatable bonds is 5. The van der Waals surface area contributed by atoms with Crippen LogP contribution in [0.15, 0.2) is 30.3 Å². The Labute approximate surface area is 103 Å². The van der Waals surface area contributed by atoms with E-state index in [9.17, 15) is 4.79 Å². The Morgan fingerprint density at radius 3 is 2.47 bits per heavy atom. The second-order valence-electron chi connectivity index (χ2n) is 3.93. The van der Waals surface area contributed by atoms with Gasteiger partial charge < -0.3 is 4.90 Å². The summed E-state index contributed by atoms with van der Waals surface area (Å²) in [5.41, 5.74) is 1.09. The smallest absolute Gasteiger partial charge is 0.240 e. The van der Waals surface area contributed by atoms with E-state index in [1.807, 2.05) is 44.2 Å². The molecule has 0 bridgehead atoms. The van der Waals surface area contributed by atoms with E-state index in [1.54, 1.807) is 4.90 Å². The Morgan fingerprint density at radius 2 is 2.00 bits per heavy atom. The lowest BCUT2D eigenvalue weighted by Gasteiger charge is -2.22. The van der Waals surface area contributed by atoms with Crippen LogP contribution in [0.1, 0.15) is 25.8 Å². The van der Waals surface area contributed by atoms with Gasteiger partial charge in [0, 0.05) is 13.1 Å². The summed E-state index contributed by atoms with van der Waals surface area (Å²) in [5, 5.41) is 8.91. The Morgan fingerprint density at radius 1 is 1.35 bits per heavy atom. The SMILES string of the molecule is CCC(C#N)C(=O)N(CC)Cc1ccccc1. The molecule has 0 aliphatic heterocycles. The monoisotopic (exact) mass is 230 g/mol. The van der Waals surface area contributed by atoms with Crippen LogP contribution in [0.4, 0.5) is 0 Å². The lowest BCUT2D eigenvalue weighted by atomic mass is 10.1. The van der Waals surface area contributed by atoms with Crippen LogP contribution < -0.4 is 0 Å². The number of hydrogen-bond donors (Lipinski definition) is 0. The molecule has 0 saturated heterocycles. The van der Waals surface area contributed by atoms with E-state index in [2.05, 4.69) is 6.07 Å². The van der Waals surface area contributed by atoms with E-state index in [0.717, 1.165) is 5.56 Å². The van der Waals surface area contributed by atoms with Gasteiger partial charge in [-0.2, -0.15) is 5.26 Å². The van der Waals surface area contributed by atoms with Crippen molar-refractivity contribution in [1.82, 2.24) is 4.90 Å². The molecular formula is C14H18N2O. The summed E-state index contributed by atoms with van der Waals surface area (Å²) in [5.74, 6) is -0.583. The highest BCUT2D eigenvalue weighted by atomic mass is 16.2. The first-order chi connectivity index (χ1) is 8.22. The van der Waals surface area contributed by atoms with Crippen LogP contribution in [-0.4, -0.2) is 17.4 Å². The third-order valence-electron chi connectivity index (χ3n) is 2.77. The summed E-state index contributed by atoms with van der Waals surface area (Å²) >= 11 is 0. The molecule has 1 rings (SSSR count). The molecule has 3 heteroatoms. The molecule has 1 aromatic rings. The topological polar surface area (TPSA) is 44.1 Å². The van der Waals surface area contributed by atoms with Crippen molar-refractivity contribution in [3.8, 4) is 6.07 Å². The molecule has 1 unspecified atom stereocenters. The van der Waals surface area contributed by atoms with Gasteiger partial charge in [-0.15, -0.1) is 0 Å². The van der Waals surface area contributed by atoms with Crippen molar-refractivity contribution >= 4 is 5.91 Å². The highest BCUT2D eigenvalue weighted by Crippen LogP contribution is 2.10. The van der Waals surface area contributed by atoms with Crippen molar-refractivity contribution in [3.05, 3.63) is 35.9 Å². The third-order valence-corrected chi connectivity index (χ3v) is 2.77. The fourth-order valence-corrected chi connectivity index (χ4v) is 1.69. The van der Waals surface area contributed by atoms with Gasteiger partial charge in [-0.3, -0.25) is 4.79 Å². The second kappa shape index (κ2) is 6.70. The molecule has 0 saturated carbocycles. The third kappa shape index (κ3) is 3.60. The number of benzene rings is 1. The minimum Gasteiger partial charge on any atom is -0.338 e. The molecule has 0 aromatic heterocycles. The zero-order chi connectivity index (χ0) is 12.7. The molecule has 0 radical (unpaired) electrons. The van der Waals surface area contributed by atoms with E-state index >= 15 is 0 Å². The molecule has 17 heavy (non-hydrogen) atoms. The Bertz CT molecular complexity index is 394. The number of nitriles is 1. The Balaban J connectivity index is 2.73. The van der Waals surface area contributed by atoms with Gasteiger partial charge in [0.2, 0.25) is 5.91 Å². The predicted molar refractivity (Wildman–Crippen MR) is 66.9 cm³/mol.